The predicted molar refractivity (Wildman–Crippen MR) is 83.7 cm³/mol. The van der Waals surface area contributed by atoms with Crippen LogP contribution in [-0.2, 0) is 0 Å². The molecule has 0 radical (unpaired) electrons. The van der Waals surface area contributed by atoms with Crippen LogP contribution in [0.4, 0.5) is 0 Å². The Morgan fingerprint density at radius 2 is 2.36 bits per heavy atom. The second-order valence-corrected chi connectivity index (χ2v) is 6.56. The number of carbonyl (C=O) groups excluding carboxylic acids is 1. The smallest absolute Gasteiger partial charge is 0.274 e. The molecule has 1 aromatic heterocycles. The molecule has 2 fully saturated rings. The first-order chi connectivity index (χ1) is 10.6. The Bertz CT molecular complexity index is 508. The lowest BCUT2D eigenvalue weighted by Gasteiger charge is -2.25. The van der Waals surface area contributed by atoms with Gasteiger partial charge in [-0.2, -0.15) is 5.10 Å². The highest BCUT2D eigenvalue weighted by Crippen LogP contribution is 2.24. The van der Waals surface area contributed by atoms with Gasteiger partial charge in [0.25, 0.3) is 5.91 Å². The average Bonchev–Trinajstić information content (AvgIpc) is 3.16. The highest BCUT2D eigenvalue weighted by molar-refractivity contribution is 5.92. The zero-order chi connectivity index (χ0) is 15.5. The van der Waals surface area contributed by atoms with Crippen molar-refractivity contribution in [3.05, 3.63) is 18.0 Å². The van der Waals surface area contributed by atoms with Gasteiger partial charge in [-0.25, -0.2) is 0 Å². The monoisotopic (exact) mass is 306 g/mol. The standard InChI is InChI=1S/C16H26N4O2/c1-12(21)10-13-5-3-8-19(13)16(22)15-6-9-20(18-15)14-4-2-7-17-11-14/h6,9,12-14,17,21H,2-5,7-8,10-11H2,1H3. The molecule has 22 heavy (non-hydrogen) atoms. The van der Waals surface area contributed by atoms with Crippen molar-refractivity contribution in [3.8, 4) is 0 Å². The van der Waals surface area contributed by atoms with Crippen molar-refractivity contribution in [2.75, 3.05) is 19.6 Å². The summed E-state index contributed by atoms with van der Waals surface area (Å²) in [6.07, 6.45) is 6.45. The van der Waals surface area contributed by atoms with Crippen LogP contribution in [0.15, 0.2) is 12.3 Å². The van der Waals surface area contributed by atoms with Gasteiger partial charge in [-0.1, -0.05) is 0 Å². The molecule has 3 rings (SSSR count). The van der Waals surface area contributed by atoms with Gasteiger partial charge in [0, 0.05) is 25.3 Å². The lowest BCUT2D eigenvalue weighted by Crippen LogP contribution is -2.37. The highest BCUT2D eigenvalue weighted by Gasteiger charge is 2.31. The number of amides is 1. The molecule has 0 spiro atoms. The SMILES string of the molecule is CC(O)CC1CCCN1C(=O)c1ccn(C2CCCNC2)n1. The summed E-state index contributed by atoms with van der Waals surface area (Å²) >= 11 is 0. The van der Waals surface area contributed by atoms with Gasteiger partial charge in [0.2, 0.25) is 0 Å². The minimum Gasteiger partial charge on any atom is -0.393 e. The molecule has 0 bridgehead atoms. The Hall–Kier alpha value is -1.40. The lowest BCUT2D eigenvalue weighted by molar-refractivity contribution is 0.0675. The van der Waals surface area contributed by atoms with Crippen molar-refractivity contribution >= 4 is 5.91 Å². The van der Waals surface area contributed by atoms with Crippen LogP contribution in [0, 0.1) is 0 Å². The fraction of sp³-hybridized carbons (Fsp3) is 0.750. The van der Waals surface area contributed by atoms with E-state index >= 15 is 0 Å². The Balaban J connectivity index is 1.68. The molecule has 2 N–H and O–H groups in total. The van der Waals surface area contributed by atoms with Crippen LogP contribution in [0.25, 0.3) is 0 Å². The lowest BCUT2D eigenvalue weighted by atomic mass is 10.1. The Labute approximate surface area is 131 Å². The van der Waals surface area contributed by atoms with Crippen LogP contribution in [0.1, 0.15) is 55.6 Å². The number of aliphatic hydroxyl groups excluding tert-OH is 1. The molecule has 6 heteroatoms. The maximum absolute atomic E-state index is 12.7. The van der Waals surface area contributed by atoms with Gasteiger partial charge in [-0.15, -0.1) is 0 Å². The molecule has 6 nitrogen and oxygen atoms in total. The first kappa shape index (κ1) is 15.5. The summed E-state index contributed by atoms with van der Waals surface area (Å²) in [5.41, 5.74) is 0.531. The number of piperidine rings is 1. The molecule has 1 amide bonds. The van der Waals surface area contributed by atoms with Crippen LogP contribution in [0.3, 0.4) is 0 Å². The summed E-state index contributed by atoms with van der Waals surface area (Å²) in [5.74, 6) is 0.00525. The van der Waals surface area contributed by atoms with Gasteiger partial charge in [-0.3, -0.25) is 9.48 Å². The fourth-order valence-electron chi connectivity index (χ4n) is 3.60. The van der Waals surface area contributed by atoms with Gasteiger partial charge >= 0.3 is 0 Å². The van der Waals surface area contributed by atoms with Crippen LogP contribution in [-0.4, -0.2) is 57.5 Å². The normalized spacial score (nSPS) is 27.1. The predicted octanol–water partition coefficient (Wildman–Crippen LogP) is 1.18. The topological polar surface area (TPSA) is 70.4 Å². The maximum Gasteiger partial charge on any atom is 0.274 e. The quantitative estimate of drug-likeness (QED) is 0.876. The zero-order valence-electron chi connectivity index (χ0n) is 13.2. The van der Waals surface area contributed by atoms with Crippen molar-refractivity contribution in [2.24, 2.45) is 0 Å². The van der Waals surface area contributed by atoms with Gasteiger partial charge < -0.3 is 15.3 Å². The summed E-state index contributed by atoms with van der Waals surface area (Å²) in [6.45, 7) is 4.54. The van der Waals surface area contributed by atoms with Crippen molar-refractivity contribution in [2.45, 2.75) is 57.2 Å². The van der Waals surface area contributed by atoms with E-state index in [1.807, 2.05) is 21.8 Å². The second kappa shape index (κ2) is 6.79. The summed E-state index contributed by atoms with van der Waals surface area (Å²) in [7, 11) is 0. The molecule has 0 saturated carbocycles. The number of aliphatic hydroxyl groups is 1. The number of nitrogens with one attached hydrogen (secondary N) is 1. The van der Waals surface area contributed by atoms with Crippen molar-refractivity contribution < 1.29 is 9.90 Å². The molecule has 122 valence electrons. The maximum atomic E-state index is 12.7. The van der Waals surface area contributed by atoms with Crippen LogP contribution in [0.5, 0.6) is 0 Å². The van der Waals surface area contributed by atoms with Gasteiger partial charge in [0.1, 0.15) is 5.69 Å². The molecule has 3 unspecified atom stereocenters. The number of hydrogen-bond acceptors (Lipinski definition) is 4. The molecular formula is C16H26N4O2. The third-order valence-corrected chi connectivity index (χ3v) is 4.72. The molecule has 0 aromatic carbocycles. The van der Waals surface area contributed by atoms with Gasteiger partial charge in [-0.05, 0) is 51.6 Å². The molecule has 3 heterocycles. The van der Waals surface area contributed by atoms with E-state index in [4.69, 9.17) is 0 Å². The van der Waals surface area contributed by atoms with Crippen molar-refractivity contribution in [1.82, 2.24) is 20.0 Å². The number of nitrogens with zero attached hydrogens (tertiary/aromatic N) is 3. The molecule has 2 aliphatic heterocycles. The van der Waals surface area contributed by atoms with E-state index in [0.29, 0.717) is 18.2 Å². The Morgan fingerprint density at radius 3 is 3.09 bits per heavy atom. The summed E-state index contributed by atoms with van der Waals surface area (Å²) in [4.78, 5) is 14.6. The van der Waals surface area contributed by atoms with E-state index in [1.165, 1.54) is 0 Å². The number of carbonyl (C=O) groups is 1. The molecular weight excluding hydrogens is 280 g/mol. The average molecular weight is 306 g/mol. The van der Waals surface area contributed by atoms with E-state index in [9.17, 15) is 9.90 Å². The molecule has 2 saturated heterocycles. The molecule has 2 aliphatic rings. The van der Waals surface area contributed by atoms with E-state index in [0.717, 1.165) is 45.3 Å². The van der Waals surface area contributed by atoms with E-state index in [-0.39, 0.29) is 18.1 Å². The number of aromatic nitrogens is 2. The molecule has 0 aliphatic carbocycles. The molecule has 3 atom stereocenters. The first-order valence-electron chi connectivity index (χ1n) is 8.40. The third kappa shape index (κ3) is 3.33. The highest BCUT2D eigenvalue weighted by atomic mass is 16.3. The van der Waals surface area contributed by atoms with Crippen molar-refractivity contribution in [1.29, 1.82) is 0 Å². The Morgan fingerprint density at radius 1 is 1.50 bits per heavy atom. The number of likely N-dealkylation sites (tertiary alicyclic amines) is 1. The largest absolute Gasteiger partial charge is 0.393 e. The Kier molecular flexibility index (Phi) is 4.78. The fourth-order valence-corrected chi connectivity index (χ4v) is 3.60. The molecule has 1 aromatic rings. The summed E-state index contributed by atoms with van der Waals surface area (Å²) in [6, 6.07) is 2.32. The summed E-state index contributed by atoms with van der Waals surface area (Å²) in [5, 5.41) is 17.5. The zero-order valence-corrected chi connectivity index (χ0v) is 13.2. The number of rotatable bonds is 4. The van der Waals surface area contributed by atoms with Crippen molar-refractivity contribution in [3.63, 3.8) is 0 Å². The third-order valence-electron chi connectivity index (χ3n) is 4.72. The van der Waals surface area contributed by atoms with E-state index in [1.54, 1.807) is 6.92 Å². The minimum atomic E-state index is -0.371. The van der Waals surface area contributed by atoms with Crippen LogP contribution in [0.2, 0.25) is 0 Å². The van der Waals surface area contributed by atoms with Crippen LogP contribution < -0.4 is 5.32 Å². The number of hydrogen-bond donors (Lipinski definition) is 2. The first-order valence-corrected chi connectivity index (χ1v) is 8.40. The van der Waals surface area contributed by atoms with E-state index < -0.39 is 0 Å². The second-order valence-electron chi connectivity index (χ2n) is 6.56. The minimum absolute atomic E-state index is 0.00525. The van der Waals surface area contributed by atoms with Gasteiger partial charge in [0.05, 0.1) is 12.1 Å². The van der Waals surface area contributed by atoms with Gasteiger partial charge in [0.15, 0.2) is 0 Å². The summed E-state index contributed by atoms with van der Waals surface area (Å²) < 4.78 is 1.93. The van der Waals surface area contributed by atoms with Crippen LogP contribution >= 0.6 is 0 Å². The van der Waals surface area contributed by atoms with E-state index in [2.05, 4.69) is 10.4 Å².